The lowest BCUT2D eigenvalue weighted by atomic mass is 9.90. The van der Waals surface area contributed by atoms with E-state index in [1.807, 2.05) is 11.4 Å². The number of rotatable bonds is 5. The molecule has 1 N–H and O–H groups in total. The Bertz CT molecular complexity index is 706. The van der Waals surface area contributed by atoms with Crippen molar-refractivity contribution in [1.29, 1.82) is 0 Å². The fourth-order valence-corrected chi connectivity index (χ4v) is 3.91. The zero-order valence-corrected chi connectivity index (χ0v) is 14.9. The minimum Gasteiger partial charge on any atom is -0.465 e. The summed E-state index contributed by atoms with van der Waals surface area (Å²) in [7, 11) is 1.34. The van der Waals surface area contributed by atoms with Gasteiger partial charge in [-0.1, -0.05) is 6.07 Å². The zero-order chi connectivity index (χ0) is 17.6. The molecule has 0 saturated carbocycles. The highest BCUT2D eigenvalue weighted by molar-refractivity contribution is 7.10. The van der Waals surface area contributed by atoms with Gasteiger partial charge in [-0.3, -0.25) is 4.79 Å². The lowest BCUT2D eigenvalue weighted by Gasteiger charge is -2.30. The van der Waals surface area contributed by atoms with Crippen molar-refractivity contribution < 1.29 is 19.1 Å². The van der Waals surface area contributed by atoms with Crippen LogP contribution in [0.4, 0.5) is 0 Å². The van der Waals surface area contributed by atoms with E-state index in [1.165, 1.54) is 7.11 Å². The highest BCUT2D eigenvalue weighted by atomic mass is 32.1. The molecule has 0 unspecified atom stereocenters. The minimum atomic E-state index is -0.411. The maximum absolute atomic E-state index is 12.7. The first-order valence-corrected chi connectivity index (χ1v) is 9.17. The Balaban J connectivity index is 1.74. The SMILES string of the molecule is COC(=O)c1ccc(C(=O)N[C@H](c2cccs2)C2CCOCC2)cc1. The molecule has 132 valence electrons. The van der Waals surface area contributed by atoms with Crippen molar-refractivity contribution in [3.8, 4) is 0 Å². The van der Waals surface area contributed by atoms with E-state index < -0.39 is 5.97 Å². The molecule has 2 heterocycles. The monoisotopic (exact) mass is 359 g/mol. The minimum absolute atomic E-state index is 0.0170. The van der Waals surface area contributed by atoms with Crippen LogP contribution >= 0.6 is 11.3 Å². The summed E-state index contributed by atoms with van der Waals surface area (Å²) in [5.41, 5.74) is 0.958. The van der Waals surface area contributed by atoms with Crippen LogP contribution in [0.25, 0.3) is 0 Å². The summed E-state index contributed by atoms with van der Waals surface area (Å²) in [5, 5.41) is 5.19. The third kappa shape index (κ3) is 4.27. The third-order valence-corrected chi connectivity index (χ3v) is 5.40. The molecule has 5 nitrogen and oxygen atoms in total. The predicted octanol–water partition coefficient (Wildman–Crippen LogP) is 3.43. The van der Waals surface area contributed by atoms with Crippen LogP contribution in [0.2, 0.25) is 0 Å². The van der Waals surface area contributed by atoms with E-state index in [2.05, 4.69) is 16.1 Å². The van der Waals surface area contributed by atoms with E-state index in [4.69, 9.17) is 4.74 Å². The Labute approximate surface area is 151 Å². The first-order valence-electron chi connectivity index (χ1n) is 8.29. The topological polar surface area (TPSA) is 64.6 Å². The van der Waals surface area contributed by atoms with E-state index in [0.29, 0.717) is 17.0 Å². The molecule has 1 aliphatic heterocycles. The van der Waals surface area contributed by atoms with Gasteiger partial charge in [0.2, 0.25) is 0 Å². The smallest absolute Gasteiger partial charge is 0.337 e. The Morgan fingerprint density at radius 3 is 2.44 bits per heavy atom. The lowest BCUT2D eigenvalue weighted by Crippen LogP contribution is -2.35. The molecule has 2 aromatic rings. The number of methoxy groups -OCH3 is 1. The fourth-order valence-electron chi connectivity index (χ4n) is 3.04. The quantitative estimate of drug-likeness (QED) is 0.831. The number of esters is 1. The van der Waals surface area contributed by atoms with Crippen molar-refractivity contribution in [3.63, 3.8) is 0 Å². The molecule has 1 amide bonds. The van der Waals surface area contributed by atoms with E-state index in [1.54, 1.807) is 35.6 Å². The number of ether oxygens (including phenoxy) is 2. The molecule has 1 aromatic heterocycles. The van der Waals surface area contributed by atoms with Crippen LogP contribution in [0.3, 0.4) is 0 Å². The second-order valence-corrected chi connectivity index (χ2v) is 6.96. The number of amides is 1. The molecule has 1 aromatic carbocycles. The van der Waals surface area contributed by atoms with Gasteiger partial charge in [-0.25, -0.2) is 4.79 Å². The van der Waals surface area contributed by atoms with Gasteiger partial charge < -0.3 is 14.8 Å². The van der Waals surface area contributed by atoms with Crippen LogP contribution < -0.4 is 5.32 Å². The number of carbonyl (C=O) groups excluding carboxylic acids is 2. The van der Waals surface area contributed by atoms with Gasteiger partial charge in [-0.05, 0) is 54.5 Å². The second kappa shape index (κ2) is 8.27. The van der Waals surface area contributed by atoms with Crippen molar-refractivity contribution in [2.24, 2.45) is 5.92 Å². The molecule has 25 heavy (non-hydrogen) atoms. The van der Waals surface area contributed by atoms with Crippen molar-refractivity contribution in [1.82, 2.24) is 5.32 Å². The van der Waals surface area contributed by atoms with Crippen molar-refractivity contribution in [2.75, 3.05) is 20.3 Å². The van der Waals surface area contributed by atoms with Gasteiger partial charge in [0.15, 0.2) is 0 Å². The molecule has 3 rings (SSSR count). The normalized spacial score (nSPS) is 16.2. The summed E-state index contributed by atoms with van der Waals surface area (Å²) in [6.07, 6.45) is 1.87. The van der Waals surface area contributed by atoms with Crippen LogP contribution in [0.5, 0.6) is 0 Å². The molecule has 0 aliphatic carbocycles. The van der Waals surface area contributed by atoms with Gasteiger partial charge in [-0.2, -0.15) is 0 Å². The maximum Gasteiger partial charge on any atom is 0.337 e. The summed E-state index contributed by atoms with van der Waals surface area (Å²) < 4.78 is 10.1. The standard InChI is InChI=1S/C19H21NO4S/c1-23-19(22)15-6-4-14(5-7-15)18(21)20-17(16-3-2-12-25-16)13-8-10-24-11-9-13/h2-7,12-13,17H,8-11H2,1H3,(H,20,21)/t17-/m0/s1. The average Bonchev–Trinajstić information content (AvgIpc) is 3.20. The molecule has 0 radical (unpaired) electrons. The van der Waals surface area contributed by atoms with Crippen molar-refractivity contribution in [3.05, 3.63) is 57.8 Å². The number of benzene rings is 1. The molecule has 1 aliphatic rings. The summed E-state index contributed by atoms with van der Waals surface area (Å²) in [4.78, 5) is 25.3. The van der Waals surface area contributed by atoms with Crippen LogP contribution in [-0.2, 0) is 9.47 Å². The molecular formula is C19H21NO4S. The lowest BCUT2D eigenvalue weighted by molar-refractivity contribution is 0.0518. The molecule has 1 atom stereocenters. The highest BCUT2D eigenvalue weighted by Gasteiger charge is 2.28. The van der Waals surface area contributed by atoms with Crippen LogP contribution in [0.15, 0.2) is 41.8 Å². The van der Waals surface area contributed by atoms with Gasteiger partial charge in [0.25, 0.3) is 5.91 Å². The summed E-state index contributed by atoms with van der Waals surface area (Å²) in [5.74, 6) is -0.183. The van der Waals surface area contributed by atoms with Crippen molar-refractivity contribution >= 4 is 23.2 Å². The van der Waals surface area contributed by atoms with E-state index >= 15 is 0 Å². The van der Waals surface area contributed by atoms with Crippen LogP contribution in [0.1, 0.15) is 44.5 Å². The van der Waals surface area contributed by atoms with Gasteiger partial charge in [0.05, 0.1) is 18.7 Å². The van der Waals surface area contributed by atoms with Gasteiger partial charge >= 0.3 is 5.97 Å². The Hall–Kier alpha value is -2.18. The van der Waals surface area contributed by atoms with Gasteiger partial charge in [0.1, 0.15) is 0 Å². The van der Waals surface area contributed by atoms with E-state index in [-0.39, 0.29) is 11.9 Å². The second-order valence-electron chi connectivity index (χ2n) is 5.99. The van der Waals surface area contributed by atoms with Gasteiger partial charge in [-0.15, -0.1) is 11.3 Å². The van der Waals surface area contributed by atoms with Crippen molar-refractivity contribution in [2.45, 2.75) is 18.9 Å². The van der Waals surface area contributed by atoms with Crippen LogP contribution in [-0.4, -0.2) is 32.2 Å². The number of hydrogen-bond donors (Lipinski definition) is 1. The Morgan fingerprint density at radius 2 is 1.84 bits per heavy atom. The van der Waals surface area contributed by atoms with Gasteiger partial charge in [0, 0.05) is 23.7 Å². The molecule has 6 heteroatoms. The summed E-state index contributed by atoms with van der Waals surface area (Å²) >= 11 is 1.65. The first kappa shape index (κ1) is 17.6. The average molecular weight is 359 g/mol. The summed E-state index contributed by atoms with van der Waals surface area (Å²) in [6, 6.07) is 10.6. The number of hydrogen-bond acceptors (Lipinski definition) is 5. The molecular weight excluding hydrogens is 338 g/mol. The molecule has 0 spiro atoms. The Kier molecular flexibility index (Phi) is 5.83. The summed E-state index contributed by atoms with van der Waals surface area (Å²) in [6.45, 7) is 1.46. The largest absolute Gasteiger partial charge is 0.465 e. The number of thiophene rings is 1. The molecule has 1 saturated heterocycles. The number of nitrogens with one attached hydrogen (secondary N) is 1. The van der Waals surface area contributed by atoms with Crippen LogP contribution in [0, 0.1) is 5.92 Å². The predicted molar refractivity (Wildman–Crippen MR) is 95.9 cm³/mol. The van der Waals surface area contributed by atoms with E-state index in [0.717, 1.165) is 30.9 Å². The first-order chi connectivity index (χ1) is 12.2. The fraction of sp³-hybridized carbons (Fsp3) is 0.368. The molecule has 1 fully saturated rings. The highest BCUT2D eigenvalue weighted by Crippen LogP contribution is 2.32. The number of carbonyl (C=O) groups is 2. The molecule has 0 bridgehead atoms. The maximum atomic E-state index is 12.7. The van der Waals surface area contributed by atoms with E-state index in [9.17, 15) is 9.59 Å². The third-order valence-electron chi connectivity index (χ3n) is 4.44. The Morgan fingerprint density at radius 1 is 1.16 bits per heavy atom. The zero-order valence-electron chi connectivity index (χ0n) is 14.1.